The number of aryl methyl sites for hydroxylation is 1. The third-order valence-corrected chi connectivity index (χ3v) is 5.70. The Labute approximate surface area is 146 Å². The topological polar surface area (TPSA) is 50.3 Å². The van der Waals surface area contributed by atoms with E-state index in [9.17, 15) is 0 Å². The maximum atomic E-state index is 5.33. The minimum Gasteiger partial charge on any atom is -0.384 e. The quantitative estimate of drug-likeness (QED) is 0.898. The molecule has 0 spiro atoms. The Bertz CT molecular complexity index is 522. The summed E-state index contributed by atoms with van der Waals surface area (Å²) in [5.41, 5.74) is 1.24. The summed E-state index contributed by atoms with van der Waals surface area (Å²) >= 11 is 0. The van der Waals surface area contributed by atoms with Crippen molar-refractivity contribution >= 4 is 5.82 Å². The molecule has 3 rings (SSSR count). The lowest BCUT2D eigenvalue weighted by molar-refractivity contribution is 0.120. The van der Waals surface area contributed by atoms with Crippen LogP contribution in [0.3, 0.4) is 0 Å². The number of nitrogens with zero attached hydrogens (tertiary/aromatic N) is 3. The molecule has 134 valence electrons. The molecule has 5 nitrogen and oxygen atoms in total. The van der Waals surface area contributed by atoms with Crippen LogP contribution < -0.4 is 10.2 Å². The first kappa shape index (κ1) is 17.6. The first-order valence-electron chi connectivity index (χ1n) is 9.47. The molecule has 24 heavy (non-hydrogen) atoms. The number of hydrogen-bond acceptors (Lipinski definition) is 5. The summed E-state index contributed by atoms with van der Waals surface area (Å²) in [6, 6.07) is 2.25. The molecule has 0 amide bonds. The van der Waals surface area contributed by atoms with E-state index in [0.717, 1.165) is 50.3 Å². The molecule has 2 aliphatic heterocycles. The van der Waals surface area contributed by atoms with Crippen molar-refractivity contribution in [3.8, 4) is 0 Å². The van der Waals surface area contributed by atoms with Gasteiger partial charge in [-0.05, 0) is 57.5 Å². The van der Waals surface area contributed by atoms with Gasteiger partial charge in [-0.1, -0.05) is 6.92 Å². The molecule has 1 atom stereocenters. The maximum absolute atomic E-state index is 5.33. The monoisotopic (exact) mass is 332 g/mol. The second kappa shape index (κ2) is 8.26. The van der Waals surface area contributed by atoms with Crippen molar-refractivity contribution in [1.29, 1.82) is 0 Å². The van der Waals surface area contributed by atoms with Crippen molar-refractivity contribution in [2.24, 2.45) is 11.8 Å². The van der Waals surface area contributed by atoms with Gasteiger partial charge in [0.1, 0.15) is 11.6 Å². The van der Waals surface area contributed by atoms with Crippen molar-refractivity contribution in [1.82, 2.24) is 15.3 Å². The van der Waals surface area contributed by atoms with Gasteiger partial charge >= 0.3 is 0 Å². The number of nitrogens with one attached hydrogen (secondary N) is 1. The minimum absolute atomic E-state index is 0.589. The van der Waals surface area contributed by atoms with Gasteiger partial charge in [0.05, 0.1) is 0 Å². The van der Waals surface area contributed by atoms with E-state index in [4.69, 9.17) is 14.7 Å². The number of rotatable bonds is 5. The highest BCUT2D eigenvalue weighted by Gasteiger charge is 2.25. The van der Waals surface area contributed by atoms with Gasteiger partial charge < -0.3 is 15.0 Å². The summed E-state index contributed by atoms with van der Waals surface area (Å²) in [6.45, 7) is 9.62. The average molecular weight is 332 g/mol. The summed E-state index contributed by atoms with van der Waals surface area (Å²) in [4.78, 5) is 11.9. The molecular formula is C19H32N4O. The summed E-state index contributed by atoms with van der Waals surface area (Å²) in [5.74, 6) is 4.05. The van der Waals surface area contributed by atoms with Crippen LogP contribution in [0.2, 0.25) is 0 Å². The fourth-order valence-electron chi connectivity index (χ4n) is 4.16. The Balaban J connectivity index is 1.66. The van der Waals surface area contributed by atoms with E-state index >= 15 is 0 Å². The van der Waals surface area contributed by atoms with Gasteiger partial charge in [0.15, 0.2) is 0 Å². The van der Waals surface area contributed by atoms with E-state index in [-0.39, 0.29) is 0 Å². The zero-order valence-corrected chi connectivity index (χ0v) is 15.4. The Hall–Kier alpha value is -1.20. The number of anilines is 1. The number of piperidine rings is 2. The predicted octanol–water partition coefficient (Wildman–Crippen LogP) is 2.75. The molecule has 0 saturated carbocycles. The Kier molecular flexibility index (Phi) is 6.06. The van der Waals surface area contributed by atoms with Crippen molar-refractivity contribution < 1.29 is 4.74 Å². The second-order valence-corrected chi connectivity index (χ2v) is 7.48. The molecule has 2 fully saturated rings. The number of aromatic nitrogens is 2. The van der Waals surface area contributed by atoms with Gasteiger partial charge in [0, 0.05) is 44.5 Å². The zero-order chi connectivity index (χ0) is 16.9. The molecule has 2 saturated heterocycles. The SMILES string of the molecule is COC[C@H](C)C1CCN(c2cc(C3CCNCC3)nc(C)n2)CC1. The molecular weight excluding hydrogens is 300 g/mol. The van der Waals surface area contributed by atoms with Gasteiger partial charge in [-0.25, -0.2) is 9.97 Å². The first-order chi connectivity index (χ1) is 11.7. The second-order valence-electron chi connectivity index (χ2n) is 7.48. The van der Waals surface area contributed by atoms with Gasteiger partial charge in [-0.2, -0.15) is 0 Å². The van der Waals surface area contributed by atoms with Crippen LogP contribution in [0.5, 0.6) is 0 Å². The van der Waals surface area contributed by atoms with E-state index < -0.39 is 0 Å². The van der Waals surface area contributed by atoms with Crippen LogP contribution in [-0.2, 0) is 4.74 Å². The number of hydrogen-bond donors (Lipinski definition) is 1. The molecule has 0 bridgehead atoms. The highest BCUT2D eigenvalue weighted by atomic mass is 16.5. The molecule has 0 unspecified atom stereocenters. The number of methoxy groups -OCH3 is 1. The lowest BCUT2D eigenvalue weighted by atomic mass is 9.86. The van der Waals surface area contributed by atoms with Crippen LogP contribution >= 0.6 is 0 Å². The van der Waals surface area contributed by atoms with Gasteiger partial charge in [-0.3, -0.25) is 0 Å². The minimum atomic E-state index is 0.589. The molecule has 1 N–H and O–H groups in total. The normalized spacial score (nSPS) is 21.9. The Morgan fingerprint density at radius 3 is 2.58 bits per heavy atom. The Morgan fingerprint density at radius 2 is 1.92 bits per heavy atom. The molecule has 2 aliphatic rings. The maximum Gasteiger partial charge on any atom is 0.132 e. The third kappa shape index (κ3) is 4.25. The van der Waals surface area contributed by atoms with Gasteiger partial charge in [0.2, 0.25) is 0 Å². The molecule has 0 radical (unpaired) electrons. The summed E-state index contributed by atoms with van der Waals surface area (Å²) in [5, 5.41) is 3.44. The predicted molar refractivity (Wildman–Crippen MR) is 97.6 cm³/mol. The van der Waals surface area contributed by atoms with Crippen LogP contribution in [-0.4, -0.2) is 49.9 Å². The van der Waals surface area contributed by atoms with Crippen molar-refractivity contribution in [2.45, 2.75) is 45.4 Å². The molecule has 3 heterocycles. The Morgan fingerprint density at radius 1 is 1.21 bits per heavy atom. The number of ether oxygens (including phenoxy) is 1. The van der Waals surface area contributed by atoms with E-state index in [2.05, 4.69) is 23.2 Å². The van der Waals surface area contributed by atoms with Crippen molar-refractivity contribution in [3.05, 3.63) is 17.6 Å². The highest BCUT2D eigenvalue weighted by Crippen LogP contribution is 2.30. The lowest BCUT2D eigenvalue weighted by Crippen LogP contribution is -2.37. The van der Waals surface area contributed by atoms with E-state index in [1.807, 2.05) is 6.92 Å². The summed E-state index contributed by atoms with van der Waals surface area (Å²) in [7, 11) is 1.80. The largest absolute Gasteiger partial charge is 0.384 e. The van der Waals surface area contributed by atoms with E-state index in [1.54, 1.807) is 7.11 Å². The van der Waals surface area contributed by atoms with Crippen LogP contribution in [0.4, 0.5) is 5.82 Å². The molecule has 5 heteroatoms. The van der Waals surface area contributed by atoms with Crippen LogP contribution in [0, 0.1) is 18.8 Å². The zero-order valence-electron chi connectivity index (χ0n) is 15.4. The molecule has 1 aromatic heterocycles. The fraction of sp³-hybridized carbons (Fsp3) is 0.789. The standard InChI is InChI=1S/C19H32N4O/c1-14(13-24-3)16-6-10-23(11-7-16)19-12-18(21-15(2)22-19)17-4-8-20-9-5-17/h12,14,16-17,20H,4-11,13H2,1-3H3/t14-/m0/s1. The molecule has 1 aromatic rings. The van der Waals surface area contributed by atoms with Crippen LogP contribution in [0.25, 0.3) is 0 Å². The average Bonchev–Trinajstić information content (AvgIpc) is 2.62. The first-order valence-corrected chi connectivity index (χ1v) is 9.47. The van der Waals surface area contributed by atoms with Gasteiger partial charge in [0.25, 0.3) is 0 Å². The van der Waals surface area contributed by atoms with Crippen molar-refractivity contribution in [3.63, 3.8) is 0 Å². The molecule has 0 aromatic carbocycles. The third-order valence-electron chi connectivity index (χ3n) is 5.70. The highest BCUT2D eigenvalue weighted by molar-refractivity contribution is 5.41. The smallest absolute Gasteiger partial charge is 0.132 e. The summed E-state index contributed by atoms with van der Waals surface area (Å²) < 4.78 is 5.33. The van der Waals surface area contributed by atoms with E-state index in [1.165, 1.54) is 31.4 Å². The molecule has 0 aliphatic carbocycles. The fourth-order valence-corrected chi connectivity index (χ4v) is 4.16. The van der Waals surface area contributed by atoms with Crippen LogP contribution in [0.1, 0.15) is 50.0 Å². The van der Waals surface area contributed by atoms with Crippen LogP contribution in [0.15, 0.2) is 6.07 Å². The van der Waals surface area contributed by atoms with Gasteiger partial charge in [-0.15, -0.1) is 0 Å². The summed E-state index contributed by atoms with van der Waals surface area (Å²) in [6.07, 6.45) is 4.84. The van der Waals surface area contributed by atoms with E-state index in [0.29, 0.717) is 11.8 Å². The lowest BCUT2D eigenvalue weighted by Gasteiger charge is -2.35. The van der Waals surface area contributed by atoms with Crippen molar-refractivity contribution in [2.75, 3.05) is 44.8 Å².